The van der Waals surface area contributed by atoms with E-state index in [0.29, 0.717) is 6.42 Å². The van der Waals surface area contributed by atoms with E-state index in [-0.39, 0.29) is 5.91 Å². The van der Waals surface area contributed by atoms with Crippen molar-refractivity contribution in [2.45, 2.75) is 25.5 Å². The molecule has 0 spiro atoms. The van der Waals surface area contributed by atoms with Crippen LogP contribution in [0.1, 0.15) is 19.3 Å². The van der Waals surface area contributed by atoms with Crippen LogP contribution in [-0.2, 0) is 4.79 Å². The molecular formula is C6H11NO2. The maximum Gasteiger partial charge on any atom is 0.224 e. The molecule has 0 aromatic rings. The average molecular weight is 129 g/mol. The fourth-order valence-electron chi connectivity index (χ4n) is 0.972. The van der Waals surface area contributed by atoms with Crippen molar-refractivity contribution in [3.05, 3.63) is 0 Å². The molecule has 1 atom stereocenters. The fourth-order valence-corrected chi connectivity index (χ4v) is 0.972. The topological polar surface area (TPSA) is 40.5 Å². The highest BCUT2D eigenvalue weighted by molar-refractivity contribution is 5.76. The zero-order chi connectivity index (χ0) is 6.85. The minimum Gasteiger partial charge on any atom is -0.374 e. The van der Waals surface area contributed by atoms with E-state index in [1.54, 1.807) is 7.05 Å². The van der Waals surface area contributed by atoms with E-state index in [9.17, 15) is 4.79 Å². The molecule has 1 fully saturated rings. The number of hydrogen-bond acceptors (Lipinski definition) is 2. The number of rotatable bonds is 0. The van der Waals surface area contributed by atoms with Crippen LogP contribution in [0.2, 0.25) is 0 Å². The summed E-state index contributed by atoms with van der Waals surface area (Å²) in [5, 5.41) is 9.05. The first-order valence-electron chi connectivity index (χ1n) is 3.15. The molecule has 0 radical (unpaired) electrons. The quantitative estimate of drug-likeness (QED) is 0.498. The van der Waals surface area contributed by atoms with Gasteiger partial charge in [0.25, 0.3) is 0 Å². The highest BCUT2D eigenvalue weighted by Gasteiger charge is 2.21. The van der Waals surface area contributed by atoms with Gasteiger partial charge in [0.2, 0.25) is 5.91 Å². The molecular weight excluding hydrogens is 118 g/mol. The SMILES string of the molecule is CN1C(=O)CCC[C@H]1O. The minimum absolute atomic E-state index is 0.0498. The van der Waals surface area contributed by atoms with E-state index in [0.717, 1.165) is 12.8 Å². The van der Waals surface area contributed by atoms with Crippen LogP contribution in [-0.4, -0.2) is 29.2 Å². The molecule has 0 aliphatic carbocycles. The van der Waals surface area contributed by atoms with Gasteiger partial charge in [0, 0.05) is 13.5 Å². The zero-order valence-corrected chi connectivity index (χ0v) is 5.50. The smallest absolute Gasteiger partial charge is 0.224 e. The predicted octanol–water partition coefficient (Wildman–Crippen LogP) is -0.0529. The van der Waals surface area contributed by atoms with Gasteiger partial charge in [0.1, 0.15) is 6.23 Å². The highest BCUT2D eigenvalue weighted by Crippen LogP contribution is 2.12. The molecule has 0 bridgehead atoms. The Bertz CT molecular complexity index is 124. The lowest BCUT2D eigenvalue weighted by molar-refractivity contribution is -0.143. The van der Waals surface area contributed by atoms with Gasteiger partial charge >= 0.3 is 0 Å². The third-order valence-corrected chi connectivity index (χ3v) is 1.69. The summed E-state index contributed by atoms with van der Waals surface area (Å²) >= 11 is 0. The Morgan fingerprint density at radius 2 is 2.44 bits per heavy atom. The number of carbonyl (C=O) groups excluding carboxylic acids is 1. The van der Waals surface area contributed by atoms with Gasteiger partial charge in [-0.05, 0) is 12.8 Å². The number of carbonyl (C=O) groups is 1. The third kappa shape index (κ3) is 1.21. The summed E-state index contributed by atoms with van der Waals surface area (Å²) in [6.07, 6.45) is 1.60. The lowest BCUT2D eigenvalue weighted by Crippen LogP contribution is -2.40. The van der Waals surface area contributed by atoms with Crippen LogP contribution in [0.15, 0.2) is 0 Å². The molecule has 0 unspecified atom stereocenters. The molecule has 52 valence electrons. The van der Waals surface area contributed by atoms with Gasteiger partial charge in [-0.25, -0.2) is 0 Å². The molecule has 1 saturated heterocycles. The van der Waals surface area contributed by atoms with Crippen LogP contribution >= 0.6 is 0 Å². The molecule has 1 aliphatic heterocycles. The van der Waals surface area contributed by atoms with Gasteiger partial charge < -0.3 is 10.0 Å². The van der Waals surface area contributed by atoms with Crippen LogP contribution in [0.4, 0.5) is 0 Å². The monoisotopic (exact) mass is 129 g/mol. The number of aliphatic hydroxyl groups is 1. The molecule has 1 aliphatic rings. The highest BCUT2D eigenvalue weighted by atomic mass is 16.3. The summed E-state index contributed by atoms with van der Waals surface area (Å²) in [6, 6.07) is 0. The second-order valence-electron chi connectivity index (χ2n) is 2.38. The van der Waals surface area contributed by atoms with E-state index in [2.05, 4.69) is 0 Å². The summed E-state index contributed by atoms with van der Waals surface area (Å²) in [5.74, 6) is 0.0498. The summed E-state index contributed by atoms with van der Waals surface area (Å²) in [7, 11) is 1.63. The van der Waals surface area contributed by atoms with Crippen LogP contribution in [0.25, 0.3) is 0 Å². The Labute approximate surface area is 54.3 Å². The maximum atomic E-state index is 10.8. The van der Waals surface area contributed by atoms with E-state index in [1.165, 1.54) is 4.90 Å². The van der Waals surface area contributed by atoms with E-state index >= 15 is 0 Å². The fraction of sp³-hybridized carbons (Fsp3) is 0.833. The van der Waals surface area contributed by atoms with Gasteiger partial charge in [-0.3, -0.25) is 4.79 Å². The Kier molecular flexibility index (Phi) is 1.71. The second kappa shape index (κ2) is 2.35. The Morgan fingerprint density at radius 3 is 2.89 bits per heavy atom. The number of likely N-dealkylation sites (tertiary alicyclic amines) is 1. The molecule has 0 aromatic heterocycles. The molecule has 1 rings (SSSR count). The van der Waals surface area contributed by atoms with Crippen molar-refractivity contribution in [1.29, 1.82) is 0 Å². The molecule has 9 heavy (non-hydrogen) atoms. The number of amides is 1. The van der Waals surface area contributed by atoms with Crippen molar-refractivity contribution in [2.24, 2.45) is 0 Å². The van der Waals surface area contributed by atoms with Crippen LogP contribution in [0.5, 0.6) is 0 Å². The number of aliphatic hydroxyl groups excluding tert-OH is 1. The number of nitrogens with zero attached hydrogens (tertiary/aromatic N) is 1. The molecule has 1 N–H and O–H groups in total. The Morgan fingerprint density at radius 1 is 1.78 bits per heavy atom. The van der Waals surface area contributed by atoms with Gasteiger partial charge in [0.15, 0.2) is 0 Å². The zero-order valence-electron chi connectivity index (χ0n) is 5.50. The minimum atomic E-state index is -0.536. The summed E-state index contributed by atoms with van der Waals surface area (Å²) in [5.41, 5.74) is 0. The average Bonchev–Trinajstić information content (AvgIpc) is 1.83. The number of piperidine rings is 1. The van der Waals surface area contributed by atoms with Gasteiger partial charge in [-0.2, -0.15) is 0 Å². The lowest BCUT2D eigenvalue weighted by Gasteiger charge is -2.27. The van der Waals surface area contributed by atoms with E-state index in [1.807, 2.05) is 0 Å². The first kappa shape index (κ1) is 6.55. The molecule has 1 amide bonds. The van der Waals surface area contributed by atoms with Crippen LogP contribution in [0.3, 0.4) is 0 Å². The Hall–Kier alpha value is -0.570. The van der Waals surface area contributed by atoms with Crippen molar-refractivity contribution in [1.82, 2.24) is 4.90 Å². The molecule has 3 nitrogen and oxygen atoms in total. The molecule has 3 heteroatoms. The second-order valence-corrected chi connectivity index (χ2v) is 2.38. The van der Waals surface area contributed by atoms with Crippen molar-refractivity contribution in [2.75, 3.05) is 7.05 Å². The van der Waals surface area contributed by atoms with Gasteiger partial charge in [0.05, 0.1) is 0 Å². The predicted molar refractivity (Wildman–Crippen MR) is 32.6 cm³/mol. The van der Waals surface area contributed by atoms with Gasteiger partial charge in [-0.1, -0.05) is 0 Å². The molecule has 0 aromatic carbocycles. The summed E-state index contributed by atoms with van der Waals surface area (Å²) < 4.78 is 0. The molecule has 1 heterocycles. The third-order valence-electron chi connectivity index (χ3n) is 1.69. The molecule has 0 saturated carbocycles. The maximum absolute atomic E-state index is 10.8. The van der Waals surface area contributed by atoms with Crippen molar-refractivity contribution in [3.63, 3.8) is 0 Å². The van der Waals surface area contributed by atoms with E-state index in [4.69, 9.17) is 5.11 Å². The normalized spacial score (nSPS) is 28.9. The van der Waals surface area contributed by atoms with Crippen LogP contribution in [0, 0.1) is 0 Å². The van der Waals surface area contributed by atoms with Gasteiger partial charge in [-0.15, -0.1) is 0 Å². The van der Waals surface area contributed by atoms with Crippen molar-refractivity contribution >= 4 is 5.91 Å². The van der Waals surface area contributed by atoms with Crippen LogP contribution < -0.4 is 0 Å². The largest absolute Gasteiger partial charge is 0.374 e. The van der Waals surface area contributed by atoms with Crippen molar-refractivity contribution < 1.29 is 9.90 Å². The summed E-state index contributed by atoms with van der Waals surface area (Å²) in [6.45, 7) is 0. The number of hydrogen-bond donors (Lipinski definition) is 1. The lowest BCUT2D eigenvalue weighted by atomic mass is 10.1. The Balaban J connectivity index is 2.51. The summed E-state index contributed by atoms with van der Waals surface area (Å²) in [4.78, 5) is 12.2. The van der Waals surface area contributed by atoms with E-state index < -0.39 is 6.23 Å². The first-order chi connectivity index (χ1) is 4.22. The first-order valence-corrected chi connectivity index (χ1v) is 3.15. The standard InChI is InChI=1S/C6H11NO2/c1-7-5(8)3-2-4-6(7)9/h5,8H,2-4H2,1H3/t5-/m1/s1. The van der Waals surface area contributed by atoms with Crippen molar-refractivity contribution in [3.8, 4) is 0 Å².